The maximum absolute atomic E-state index is 13.0. The van der Waals surface area contributed by atoms with Gasteiger partial charge in [-0.2, -0.15) is 0 Å². The van der Waals surface area contributed by atoms with Gasteiger partial charge in [0.1, 0.15) is 5.60 Å². The molecule has 0 atom stereocenters. The Morgan fingerprint density at radius 1 is 0.941 bits per heavy atom. The molecule has 1 aromatic rings. The van der Waals surface area contributed by atoms with Crippen molar-refractivity contribution in [2.75, 3.05) is 11.9 Å². The van der Waals surface area contributed by atoms with E-state index in [1.807, 2.05) is 24.3 Å². The molecule has 186 valence electrons. The van der Waals surface area contributed by atoms with Crippen LogP contribution in [0.25, 0.3) is 0 Å². The van der Waals surface area contributed by atoms with E-state index in [2.05, 4.69) is 16.0 Å². The lowest BCUT2D eigenvalue weighted by molar-refractivity contribution is -0.124. The largest absolute Gasteiger partial charge is 0.444 e. The summed E-state index contributed by atoms with van der Waals surface area (Å²) in [6.07, 6.45) is 7.97. The lowest BCUT2D eigenvalue weighted by Gasteiger charge is -2.56. The van der Waals surface area contributed by atoms with Crippen LogP contribution >= 0.6 is 0 Å². The fraction of sp³-hybridized carbons (Fsp3) is 0.667. The minimum absolute atomic E-state index is 0.0855. The highest BCUT2D eigenvalue weighted by Crippen LogP contribution is 2.61. The van der Waals surface area contributed by atoms with Crippen LogP contribution in [-0.4, -0.2) is 30.1 Å². The zero-order valence-corrected chi connectivity index (χ0v) is 20.7. The molecule has 4 aliphatic carbocycles. The Morgan fingerprint density at radius 3 is 2.18 bits per heavy atom. The van der Waals surface area contributed by atoms with Crippen LogP contribution in [0.1, 0.15) is 77.7 Å². The van der Waals surface area contributed by atoms with Crippen LogP contribution in [0.5, 0.6) is 0 Å². The summed E-state index contributed by atoms with van der Waals surface area (Å²) in [7, 11) is 0. The van der Waals surface area contributed by atoms with Crippen molar-refractivity contribution in [3.63, 3.8) is 0 Å². The third-order valence-electron chi connectivity index (χ3n) is 7.49. The zero-order chi connectivity index (χ0) is 24.3. The molecule has 5 rings (SSSR count). The third kappa shape index (κ3) is 6.51. The number of benzene rings is 1. The van der Waals surface area contributed by atoms with Crippen LogP contribution < -0.4 is 16.0 Å². The van der Waals surface area contributed by atoms with E-state index in [0.717, 1.165) is 29.0 Å². The maximum Gasteiger partial charge on any atom is 0.407 e. The quantitative estimate of drug-likeness (QED) is 0.511. The van der Waals surface area contributed by atoms with Gasteiger partial charge in [-0.25, -0.2) is 4.79 Å². The summed E-state index contributed by atoms with van der Waals surface area (Å²) < 4.78 is 5.17. The Hall–Kier alpha value is -2.57. The van der Waals surface area contributed by atoms with Gasteiger partial charge in [0.25, 0.3) is 0 Å². The van der Waals surface area contributed by atoms with E-state index < -0.39 is 11.7 Å². The van der Waals surface area contributed by atoms with Crippen LogP contribution in [0.3, 0.4) is 0 Å². The van der Waals surface area contributed by atoms with Crippen molar-refractivity contribution in [1.29, 1.82) is 0 Å². The first kappa shape index (κ1) is 24.6. The average molecular weight is 470 g/mol. The standard InChI is InChI=1S/C27H39N3O4/c1-26(2,3)34-25(33)28-9-8-23(31)29-17-21-6-4-5-7-22(21)30-24(32)16-27-13-18-10-19(14-27)12-20(11-18)15-27/h4-7,18-20H,8-17H2,1-3H3,(H,28,33)(H,29,31)(H,30,32). The van der Waals surface area contributed by atoms with Crippen LogP contribution in [0.15, 0.2) is 24.3 Å². The molecule has 0 heterocycles. The normalized spacial score (nSPS) is 27.2. The summed E-state index contributed by atoms with van der Waals surface area (Å²) in [5.74, 6) is 2.39. The molecule has 4 fully saturated rings. The summed E-state index contributed by atoms with van der Waals surface area (Å²) in [5, 5.41) is 8.59. The number of carbonyl (C=O) groups is 3. The number of anilines is 1. The van der Waals surface area contributed by atoms with Crippen molar-refractivity contribution in [3.05, 3.63) is 29.8 Å². The summed E-state index contributed by atoms with van der Waals surface area (Å²) in [5.41, 5.74) is 1.25. The van der Waals surface area contributed by atoms with Crippen LogP contribution in [0.2, 0.25) is 0 Å². The van der Waals surface area contributed by atoms with Crippen molar-refractivity contribution in [2.45, 2.75) is 84.3 Å². The Kier molecular flexibility index (Phi) is 7.20. The van der Waals surface area contributed by atoms with Gasteiger partial charge in [-0.15, -0.1) is 0 Å². The van der Waals surface area contributed by atoms with E-state index in [9.17, 15) is 14.4 Å². The Morgan fingerprint density at radius 2 is 1.56 bits per heavy atom. The summed E-state index contributed by atoms with van der Waals surface area (Å²) >= 11 is 0. The second-order valence-corrected chi connectivity index (χ2v) is 11.8. The molecule has 0 unspecified atom stereocenters. The summed E-state index contributed by atoms with van der Waals surface area (Å²) in [4.78, 5) is 37.0. The molecule has 34 heavy (non-hydrogen) atoms. The Bertz CT molecular complexity index is 885. The van der Waals surface area contributed by atoms with E-state index in [1.54, 1.807) is 20.8 Å². The number of alkyl carbamates (subject to hydrolysis) is 1. The topological polar surface area (TPSA) is 96.5 Å². The average Bonchev–Trinajstić information content (AvgIpc) is 2.70. The molecule has 4 bridgehead atoms. The number of para-hydroxylation sites is 1. The first-order valence-electron chi connectivity index (χ1n) is 12.7. The fourth-order valence-corrected chi connectivity index (χ4v) is 6.71. The first-order valence-corrected chi connectivity index (χ1v) is 12.7. The number of ether oxygens (including phenoxy) is 1. The molecule has 0 spiro atoms. The van der Waals surface area contributed by atoms with Crippen molar-refractivity contribution in [3.8, 4) is 0 Å². The first-order chi connectivity index (χ1) is 16.1. The molecule has 4 aliphatic rings. The number of hydrogen-bond acceptors (Lipinski definition) is 4. The highest BCUT2D eigenvalue weighted by Gasteiger charge is 2.51. The van der Waals surface area contributed by atoms with Crippen LogP contribution in [0, 0.1) is 23.2 Å². The van der Waals surface area contributed by atoms with Crippen molar-refractivity contribution >= 4 is 23.6 Å². The Balaban J connectivity index is 1.24. The van der Waals surface area contributed by atoms with Gasteiger partial charge in [0.2, 0.25) is 11.8 Å². The van der Waals surface area contributed by atoms with Gasteiger partial charge < -0.3 is 20.7 Å². The molecule has 7 nitrogen and oxygen atoms in total. The SMILES string of the molecule is CC(C)(C)OC(=O)NCCC(=O)NCc1ccccc1NC(=O)CC12CC3CC(CC(C3)C1)C2. The minimum atomic E-state index is -0.573. The summed E-state index contributed by atoms with van der Waals surface area (Å²) in [6.45, 7) is 5.89. The molecule has 4 saturated carbocycles. The van der Waals surface area contributed by atoms with E-state index in [-0.39, 0.29) is 30.2 Å². The molecule has 3 N–H and O–H groups in total. The van der Waals surface area contributed by atoms with E-state index in [0.29, 0.717) is 13.0 Å². The number of rotatable bonds is 8. The number of amides is 3. The van der Waals surface area contributed by atoms with Crippen molar-refractivity contribution in [2.24, 2.45) is 23.2 Å². The highest BCUT2D eigenvalue weighted by molar-refractivity contribution is 5.92. The second-order valence-electron chi connectivity index (χ2n) is 11.8. The van der Waals surface area contributed by atoms with Gasteiger partial charge in [-0.3, -0.25) is 9.59 Å². The van der Waals surface area contributed by atoms with Gasteiger partial charge in [0, 0.05) is 31.6 Å². The molecule has 0 aliphatic heterocycles. The molecule has 0 aromatic heterocycles. The second kappa shape index (κ2) is 9.96. The van der Waals surface area contributed by atoms with Gasteiger partial charge in [-0.1, -0.05) is 18.2 Å². The molecule has 1 aromatic carbocycles. The molecular formula is C27H39N3O4. The number of hydrogen-bond donors (Lipinski definition) is 3. The van der Waals surface area contributed by atoms with Gasteiger partial charge in [-0.05, 0) is 94.1 Å². The lowest BCUT2D eigenvalue weighted by Crippen LogP contribution is -2.47. The fourth-order valence-electron chi connectivity index (χ4n) is 6.71. The molecule has 0 radical (unpaired) electrons. The van der Waals surface area contributed by atoms with Crippen molar-refractivity contribution < 1.29 is 19.1 Å². The van der Waals surface area contributed by atoms with Gasteiger partial charge in [0.05, 0.1) is 0 Å². The van der Waals surface area contributed by atoms with Crippen LogP contribution in [-0.2, 0) is 20.9 Å². The van der Waals surface area contributed by atoms with Gasteiger partial charge in [0.15, 0.2) is 0 Å². The molecule has 3 amide bonds. The zero-order valence-electron chi connectivity index (χ0n) is 20.7. The molecule has 0 saturated heterocycles. The maximum atomic E-state index is 13.0. The molecule has 7 heteroatoms. The lowest BCUT2D eigenvalue weighted by atomic mass is 9.49. The van der Waals surface area contributed by atoms with Gasteiger partial charge >= 0.3 is 6.09 Å². The highest BCUT2D eigenvalue weighted by atomic mass is 16.6. The van der Waals surface area contributed by atoms with E-state index in [4.69, 9.17) is 4.74 Å². The smallest absolute Gasteiger partial charge is 0.407 e. The minimum Gasteiger partial charge on any atom is -0.444 e. The monoisotopic (exact) mass is 469 g/mol. The number of nitrogens with one attached hydrogen (secondary N) is 3. The molecular weight excluding hydrogens is 430 g/mol. The number of carbonyl (C=O) groups excluding carboxylic acids is 3. The van der Waals surface area contributed by atoms with E-state index >= 15 is 0 Å². The van der Waals surface area contributed by atoms with Crippen molar-refractivity contribution in [1.82, 2.24) is 10.6 Å². The summed E-state index contributed by atoms with van der Waals surface area (Å²) in [6, 6.07) is 7.61. The Labute approximate surface area is 202 Å². The predicted octanol–water partition coefficient (Wildman–Crippen LogP) is 4.76. The predicted molar refractivity (Wildman–Crippen MR) is 131 cm³/mol. The third-order valence-corrected chi connectivity index (χ3v) is 7.49. The van der Waals surface area contributed by atoms with E-state index in [1.165, 1.54) is 38.5 Å². The van der Waals surface area contributed by atoms with Crippen LogP contribution in [0.4, 0.5) is 10.5 Å².